The van der Waals surface area contributed by atoms with E-state index in [0.717, 1.165) is 4.88 Å². The van der Waals surface area contributed by atoms with E-state index in [1.807, 2.05) is 5.43 Å². The maximum atomic E-state index is 10.2. The fraction of sp³-hybridized carbons (Fsp3) is 0.333. The first-order chi connectivity index (χ1) is 7.11. The normalized spacial score (nSPS) is 11.9. The molecule has 1 aromatic rings. The van der Waals surface area contributed by atoms with Crippen LogP contribution in [-0.2, 0) is 6.54 Å². The van der Waals surface area contributed by atoms with E-state index in [1.54, 1.807) is 6.20 Å². The summed E-state index contributed by atoms with van der Waals surface area (Å²) in [5.74, 6) is 0.150. The summed E-state index contributed by atoms with van der Waals surface area (Å²) in [4.78, 5) is 8.42. The molecule has 0 amide bonds. The number of halogens is 1. The predicted octanol–water partition coefficient (Wildman–Crippen LogP) is 0.565. The molecule has 0 aromatic carbocycles. The lowest BCUT2D eigenvalue weighted by Gasteiger charge is -2.22. The second kappa shape index (κ2) is 5.83. The molecule has 9 heteroatoms. The molecule has 0 aliphatic rings. The van der Waals surface area contributed by atoms with Gasteiger partial charge in [-0.2, -0.15) is 5.34 Å². The molecule has 7 nitrogen and oxygen atoms in total. The van der Waals surface area contributed by atoms with Crippen LogP contribution in [0.1, 0.15) is 4.88 Å². The maximum absolute atomic E-state index is 10.2. The molecule has 0 saturated heterocycles. The van der Waals surface area contributed by atoms with E-state index in [1.165, 1.54) is 18.4 Å². The van der Waals surface area contributed by atoms with E-state index in [-0.39, 0.29) is 5.96 Å². The number of rotatable bonds is 3. The molecule has 0 unspecified atom stereocenters. The zero-order chi connectivity index (χ0) is 11.3. The summed E-state index contributed by atoms with van der Waals surface area (Å²) in [7, 11) is 1.47. The van der Waals surface area contributed by atoms with Gasteiger partial charge in [-0.15, -0.1) is 11.3 Å². The molecule has 0 atom stereocenters. The summed E-state index contributed by atoms with van der Waals surface area (Å²) < 4.78 is 0.447. The molecule has 1 rings (SSSR count). The van der Waals surface area contributed by atoms with E-state index in [4.69, 9.17) is 16.8 Å². The van der Waals surface area contributed by atoms with E-state index < -0.39 is 5.34 Å². The van der Waals surface area contributed by atoms with E-state index in [9.17, 15) is 5.21 Å². The molecule has 0 fully saturated rings. The second-order valence-electron chi connectivity index (χ2n) is 2.39. The molecule has 15 heavy (non-hydrogen) atoms. The van der Waals surface area contributed by atoms with E-state index >= 15 is 0 Å². The van der Waals surface area contributed by atoms with Gasteiger partial charge in [-0.1, -0.05) is 11.6 Å². The van der Waals surface area contributed by atoms with Gasteiger partial charge in [-0.05, 0) is 0 Å². The van der Waals surface area contributed by atoms with Crippen LogP contribution in [0.4, 0.5) is 0 Å². The first-order valence-corrected chi connectivity index (χ1v) is 5.05. The first-order valence-electron chi connectivity index (χ1n) is 3.85. The van der Waals surface area contributed by atoms with Crippen LogP contribution in [-0.4, -0.2) is 28.5 Å². The number of hydrogen-bond donors (Lipinski definition) is 3. The Hall–Kier alpha value is -0.930. The number of nitrogens with zero attached hydrogens (tertiary/aromatic N) is 3. The number of guanidine groups is 1. The van der Waals surface area contributed by atoms with Crippen LogP contribution in [0.15, 0.2) is 11.2 Å². The summed E-state index contributed by atoms with van der Waals surface area (Å²) in [6, 6.07) is 0. The monoisotopic (exact) mass is 250 g/mol. The van der Waals surface area contributed by atoms with Crippen LogP contribution >= 0.6 is 22.9 Å². The minimum absolute atomic E-state index is 0.150. The first kappa shape index (κ1) is 12.1. The summed E-state index contributed by atoms with van der Waals surface area (Å²) in [6.45, 7) is 0.415. The highest BCUT2D eigenvalue weighted by Gasteiger charge is 2.01. The van der Waals surface area contributed by atoms with Crippen molar-refractivity contribution >= 4 is 28.9 Å². The molecule has 0 bridgehead atoms. The van der Waals surface area contributed by atoms with Gasteiger partial charge in [-0.3, -0.25) is 10.4 Å². The SMILES string of the molecule is CN=C(NCc1cnc(Cl)s1)NN([O-])O. The molecule has 0 saturated carbocycles. The van der Waals surface area contributed by atoms with Crippen molar-refractivity contribution in [3.8, 4) is 0 Å². The third-order valence-corrected chi connectivity index (χ3v) is 2.50. The van der Waals surface area contributed by atoms with Crippen LogP contribution in [0.25, 0.3) is 0 Å². The van der Waals surface area contributed by atoms with E-state index in [0.29, 0.717) is 11.0 Å². The van der Waals surface area contributed by atoms with Gasteiger partial charge in [0.05, 0.1) is 6.54 Å². The fourth-order valence-electron chi connectivity index (χ4n) is 0.795. The zero-order valence-corrected chi connectivity index (χ0v) is 9.34. The van der Waals surface area contributed by atoms with Crippen molar-refractivity contribution in [1.29, 1.82) is 0 Å². The number of hydrazine groups is 1. The lowest BCUT2D eigenvalue weighted by molar-refractivity contribution is -0.0686. The van der Waals surface area contributed by atoms with Gasteiger partial charge in [0, 0.05) is 18.1 Å². The van der Waals surface area contributed by atoms with Gasteiger partial charge < -0.3 is 15.7 Å². The van der Waals surface area contributed by atoms with Crippen molar-refractivity contribution in [3.63, 3.8) is 0 Å². The summed E-state index contributed by atoms with van der Waals surface area (Å²) in [5, 5.41) is 21.0. The van der Waals surface area contributed by atoms with Crippen molar-refractivity contribution in [2.45, 2.75) is 6.54 Å². The number of aromatic nitrogens is 1. The highest BCUT2D eigenvalue weighted by atomic mass is 35.5. The van der Waals surface area contributed by atoms with Crippen LogP contribution in [0.3, 0.4) is 0 Å². The third kappa shape index (κ3) is 4.40. The van der Waals surface area contributed by atoms with Crippen LogP contribution in [0.5, 0.6) is 0 Å². The van der Waals surface area contributed by atoms with Gasteiger partial charge in [0.2, 0.25) is 5.96 Å². The average molecular weight is 251 g/mol. The number of hydrogen-bond acceptors (Lipinski definition) is 6. The Morgan fingerprint density at radius 1 is 1.87 bits per heavy atom. The molecule has 1 heterocycles. The fourth-order valence-corrected chi connectivity index (χ4v) is 1.71. The topological polar surface area (TPSA) is 95.8 Å². The van der Waals surface area contributed by atoms with Crippen molar-refractivity contribution in [2.24, 2.45) is 4.99 Å². The Kier molecular flexibility index (Phi) is 4.72. The Labute approximate surface area is 94.9 Å². The molecular formula is C6H9ClN5O2S-. The standard InChI is InChI=1S/C6H9ClN5O2S/c1-8-6(11-12(13)14)10-3-4-2-9-5(7)15-4/h2,13H,3H2,1H3,(H2,8,10,11)/q-1. The summed E-state index contributed by atoms with van der Waals surface area (Å²) in [6.07, 6.45) is 1.61. The van der Waals surface area contributed by atoms with Gasteiger partial charge in [-0.25, -0.2) is 4.98 Å². The van der Waals surface area contributed by atoms with Crippen molar-refractivity contribution in [3.05, 3.63) is 20.7 Å². The third-order valence-electron chi connectivity index (χ3n) is 1.38. The molecule has 0 radical (unpaired) electrons. The van der Waals surface area contributed by atoms with Gasteiger partial charge >= 0.3 is 0 Å². The van der Waals surface area contributed by atoms with Crippen molar-refractivity contribution < 1.29 is 5.21 Å². The van der Waals surface area contributed by atoms with Gasteiger partial charge in [0.25, 0.3) is 0 Å². The van der Waals surface area contributed by atoms with Crippen LogP contribution < -0.4 is 10.7 Å². The molecule has 1 aromatic heterocycles. The number of aliphatic imine (C=N–C) groups is 1. The smallest absolute Gasteiger partial charge is 0.207 e. The molecule has 3 N–H and O–H groups in total. The predicted molar refractivity (Wildman–Crippen MR) is 57.5 cm³/mol. The molecule has 0 spiro atoms. The maximum Gasteiger partial charge on any atom is 0.207 e. The van der Waals surface area contributed by atoms with Crippen LogP contribution in [0, 0.1) is 5.21 Å². The quantitative estimate of drug-likeness (QED) is 0.412. The van der Waals surface area contributed by atoms with Crippen molar-refractivity contribution in [1.82, 2.24) is 21.1 Å². The number of thiazole rings is 1. The molecule has 84 valence electrons. The molecule has 0 aliphatic heterocycles. The largest absolute Gasteiger partial charge is 0.744 e. The van der Waals surface area contributed by atoms with Gasteiger partial charge in [0.1, 0.15) is 0 Å². The Balaban J connectivity index is 2.41. The minimum Gasteiger partial charge on any atom is -0.744 e. The lowest BCUT2D eigenvalue weighted by Crippen LogP contribution is -2.43. The summed E-state index contributed by atoms with van der Waals surface area (Å²) in [5.41, 5.74) is 2.03. The molecule has 0 aliphatic carbocycles. The Morgan fingerprint density at radius 2 is 2.60 bits per heavy atom. The average Bonchev–Trinajstić information content (AvgIpc) is 2.58. The van der Waals surface area contributed by atoms with Gasteiger partial charge in [0.15, 0.2) is 4.47 Å². The summed E-state index contributed by atoms with van der Waals surface area (Å²) >= 11 is 6.94. The molecular weight excluding hydrogens is 242 g/mol. The minimum atomic E-state index is -0.436. The van der Waals surface area contributed by atoms with Crippen LogP contribution in [0.2, 0.25) is 4.47 Å². The second-order valence-corrected chi connectivity index (χ2v) is 4.09. The zero-order valence-electron chi connectivity index (χ0n) is 7.77. The van der Waals surface area contributed by atoms with Crippen molar-refractivity contribution in [2.75, 3.05) is 7.05 Å². The Bertz CT molecular complexity index is 342. The highest BCUT2D eigenvalue weighted by molar-refractivity contribution is 7.15. The highest BCUT2D eigenvalue weighted by Crippen LogP contribution is 2.16. The number of nitrogens with one attached hydrogen (secondary N) is 2. The Morgan fingerprint density at radius 3 is 3.07 bits per heavy atom. The van der Waals surface area contributed by atoms with E-state index in [2.05, 4.69) is 15.3 Å². The lowest BCUT2D eigenvalue weighted by atomic mass is 10.5.